The Morgan fingerprint density at radius 1 is 1.12 bits per heavy atom. The Bertz CT molecular complexity index is 1100. The summed E-state index contributed by atoms with van der Waals surface area (Å²) in [5.74, 6) is -0.408. The number of rotatable bonds is 7. The largest absolute Gasteiger partial charge is 0.497 e. The molecule has 9 heteroatoms. The lowest BCUT2D eigenvalue weighted by Gasteiger charge is -2.28. The highest BCUT2D eigenvalue weighted by molar-refractivity contribution is 7.89. The second kappa shape index (κ2) is 9.30. The van der Waals surface area contributed by atoms with Gasteiger partial charge in [-0.2, -0.15) is 4.31 Å². The van der Waals surface area contributed by atoms with Crippen LogP contribution in [0.25, 0.3) is 0 Å². The molecule has 1 fully saturated rings. The van der Waals surface area contributed by atoms with Crippen LogP contribution in [0.1, 0.15) is 17.5 Å². The third-order valence-corrected chi connectivity index (χ3v) is 7.85. The molecule has 32 heavy (non-hydrogen) atoms. The van der Waals surface area contributed by atoms with Gasteiger partial charge in [0.2, 0.25) is 21.8 Å². The van der Waals surface area contributed by atoms with Crippen molar-refractivity contribution in [1.82, 2.24) is 9.62 Å². The molecule has 1 N–H and O–H groups in total. The second-order valence-electron chi connectivity index (χ2n) is 8.06. The fourth-order valence-corrected chi connectivity index (χ4v) is 5.50. The molecule has 1 saturated heterocycles. The minimum absolute atomic E-state index is 0.0204. The van der Waals surface area contributed by atoms with Gasteiger partial charge in [-0.25, -0.2) is 8.42 Å². The van der Waals surface area contributed by atoms with Crippen molar-refractivity contribution >= 4 is 27.5 Å². The Kier molecular flexibility index (Phi) is 6.48. The van der Waals surface area contributed by atoms with Gasteiger partial charge < -0.3 is 15.0 Å². The Hall–Kier alpha value is -2.91. The maximum absolute atomic E-state index is 12.7. The number of carbonyl (C=O) groups is 2. The van der Waals surface area contributed by atoms with Crippen LogP contribution in [0.3, 0.4) is 0 Å². The molecule has 0 aromatic heterocycles. The number of hydrogen-bond acceptors (Lipinski definition) is 5. The maximum Gasteiger partial charge on any atom is 0.227 e. The molecule has 0 bridgehead atoms. The zero-order valence-electron chi connectivity index (χ0n) is 18.0. The number of anilines is 1. The van der Waals surface area contributed by atoms with Crippen LogP contribution < -0.4 is 15.0 Å². The van der Waals surface area contributed by atoms with Crippen molar-refractivity contribution in [2.75, 3.05) is 37.4 Å². The first kappa shape index (κ1) is 22.3. The van der Waals surface area contributed by atoms with Gasteiger partial charge in [0, 0.05) is 38.3 Å². The smallest absolute Gasteiger partial charge is 0.227 e. The molecule has 8 nitrogen and oxygen atoms in total. The molecule has 0 aliphatic carbocycles. The molecule has 2 aliphatic rings. The third-order valence-electron chi connectivity index (χ3n) is 6.03. The summed E-state index contributed by atoms with van der Waals surface area (Å²) in [6, 6.07) is 14.9. The Morgan fingerprint density at radius 3 is 2.56 bits per heavy atom. The number of nitrogens with zero attached hydrogens (tertiary/aromatic N) is 2. The van der Waals surface area contributed by atoms with Crippen LogP contribution in [0, 0.1) is 5.92 Å². The second-order valence-corrected chi connectivity index (χ2v) is 10.2. The predicted molar refractivity (Wildman–Crippen MR) is 121 cm³/mol. The average molecular weight is 458 g/mol. The quantitative estimate of drug-likeness (QED) is 0.681. The van der Waals surface area contributed by atoms with Crippen LogP contribution in [-0.2, 0) is 32.6 Å². The summed E-state index contributed by atoms with van der Waals surface area (Å²) in [7, 11) is -1.92. The summed E-state index contributed by atoms with van der Waals surface area (Å²) in [6.07, 6.45) is 0.792. The molecular formula is C23H27N3O5S. The fraction of sp³-hybridized carbons (Fsp3) is 0.391. The van der Waals surface area contributed by atoms with Gasteiger partial charge in [0.1, 0.15) is 5.75 Å². The van der Waals surface area contributed by atoms with Crippen molar-refractivity contribution in [2.24, 2.45) is 5.92 Å². The normalized spacial score (nSPS) is 19.0. The lowest BCUT2D eigenvalue weighted by molar-refractivity contribution is -0.126. The van der Waals surface area contributed by atoms with Crippen molar-refractivity contribution in [1.29, 1.82) is 0 Å². The van der Waals surface area contributed by atoms with Crippen LogP contribution in [-0.4, -0.2) is 57.0 Å². The predicted octanol–water partition coefficient (Wildman–Crippen LogP) is 1.55. The van der Waals surface area contributed by atoms with E-state index in [9.17, 15) is 18.0 Å². The molecule has 170 valence electrons. The van der Waals surface area contributed by atoms with Gasteiger partial charge in [-0.15, -0.1) is 0 Å². The molecule has 0 saturated carbocycles. The molecule has 0 unspecified atom stereocenters. The number of benzene rings is 2. The summed E-state index contributed by atoms with van der Waals surface area (Å²) < 4.78 is 32.1. The van der Waals surface area contributed by atoms with Crippen molar-refractivity contribution in [3.63, 3.8) is 0 Å². The van der Waals surface area contributed by atoms with E-state index in [-0.39, 0.29) is 37.1 Å². The van der Waals surface area contributed by atoms with Crippen LogP contribution in [0.4, 0.5) is 5.69 Å². The first-order valence-electron chi connectivity index (χ1n) is 10.6. The Balaban J connectivity index is 1.29. The lowest BCUT2D eigenvalue weighted by Crippen LogP contribution is -2.41. The van der Waals surface area contributed by atoms with E-state index in [0.717, 1.165) is 5.56 Å². The van der Waals surface area contributed by atoms with Gasteiger partial charge in [-0.3, -0.25) is 9.59 Å². The minimum Gasteiger partial charge on any atom is -0.497 e. The molecular weight excluding hydrogens is 430 g/mol. The summed E-state index contributed by atoms with van der Waals surface area (Å²) in [5.41, 5.74) is 2.91. The number of sulfonamides is 1. The Morgan fingerprint density at radius 2 is 1.84 bits per heavy atom. The summed E-state index contributed by atoms with van der Waals surface area (Å²) in [4.78, 5) is 26.5. The fourth-order valence-electron chi connectivity index (χ4n) is 4.18. The van der Waals surface area contributed by atoms with E-state index in [4.69, 9.17) is 4.74 Å². The van der Waals surface area contributed by atoms with E-state index in [0.29, 0.717) is 30.9 Å². The average Bonchev–Trinajstić information content (AvgIpc) is 3.20. The number of fused-ring (bicyclic) bond motifs is 1. The third kappa shape index (κ3) is 4.78. The monoisotopic (exact) mass is 457 g/mol. The SMILES string of the molecule is COc1ccc(N2C[C@H](C(=O)NCCS(=O)(=O)N3CCc4ccccc4C3)CC2=O)cc1. The number of methoxy groups -OCH3 is 1. The maximum atomic E-state index is 12.7. The van der Waals surface area contributed by atoms with E-state index in [1.54, 1.807) is 36.3 Å². The van der Waals surface area contributed by atoms with Gasteiger partial charge in [0.25, 0.3) is 0 Å². The number of amides is 2. The molecule has 4 rings (SSSR count). The van der Waals surface area contributed by atoms with E-state index >= 15 is 0 Å². The highest BCUT2D eigenvalue weighted by Gasteiger charge is 2.35. The number of ether oxygens (including phenoxy) is 1. The highest BCUT2D eigenvalue weighted by atomic mass is 32.2. The summed E-state index contributed by atoms with van der Waals surface area (Å²) in [5, 5.41) is 2.71. The molecule has 0 radical (unpaired) electrons. The molecule has 2 aliphatic heterocycles. The topological polar surface area (TPSA) is 96.0 Å². The molecule has 2 aromatic carbocycles. The molecule has 2 aromatic rings. The first-order chi connectivity index (χ1) is 15.4. The van der Waals surface area contributed by atoms with E-state index in [1.807, 2.05) is 24.3 Å². The van der Waals surface area contributed by atoms with Crippen molar-refractivity contribution in [3.05, 3.63) is 59.7 Å². The van der Waals surface area contributed by atoms with Gasteiger partial charge in [-0.1, -0.05) is 24.3 Å². The highest BCUT2D eigenvalue weighted by Crippen LogP contribution is 2.27. The van der Waals surface area contributed by atoms with E-state index in [2.05, 4.69) is 5.32 Å². The minimum atomic E-state index is -3.49. The number of carbonyl (C=O) groups excluding carboxylic acids is 2. The Labute approximate surface area is 188 Å². The zero-order chi connectivity index (χ0) is 22.7. The number of nitrogens with one attached hydrogen (secondary N) is 1. The van der Waals surface area contributed by atoms with E-state index in [1.165, 1.54) is 9.87 Å². The van der Waals surface area contributed by atoms with Crippen LogP contribution >= 0.6 is 0 Å². The van der Waals surface area contributed by atoms with Crippen LogP contribution in [0.2, 0.25) is 0 Å². The van der Waals surface area contributed by atoms with Gasteiger partial charge >= 0.3 is 0 Å². The summed E-state index contributed by atoms with van der Waals surface area (Å²) >= 11 is 0. The van der Waals surface area contributed by atoms with Crippen LogP contribution in [0.5, 0.6) is 5.75 Å². The standard InChI is InChI=1S/C23H27N3O5S/c1-31-21-8-6-20(7-9-21)26-16-19(14-22(26)27)23(28)24-11-13-32(29,30)25-12-10-17-4-2-3-5-18(17)15-25/h2-9,19H,10-16H2,1H3,(H,24,28)/t19-/m1/s1. The van der Waals surface area contributed by atoms with Crippen LogP contribution in [0.15, 0.2) is 48.5 Å². The van der Waals surface area contributed by atoms with E-state index < -0.39 is 15.9 Å². The van der Waals surface area contributed by atoms with Crippen molar-refractivity contribution in [3.8, 4) is 5.75 Å². The van der Waals surface area contributed by atoms with Gasteiger partial charge in [0.05, 0.1) is 18.8 Å². The first-order valence-corrected chi connectivity index (χ1v) is 12.2. The zero-order valence-corrected chi connectivity index (χ0v) is 18.8. The molecule has 2 heterocycles. The number of hydrogen-bond donors (Lipinski definition) is 1. The van der Waals surface area contributed by atoms with Gasteiger partial charge in [0.15, 0.2) is 0 Å². The van der Waals surface area contributed by atoms with Crippen molar-refractivity contribution < 1.29 is 22.7 Å². The molecule has 2 amide bonds. The summed E-state index contributed by atoms with van der Waals surface area (Å²) in [6.45, 7) is 1.10. The molecule has 0 spiro atoms. The lowest BCUT2D eigenvalue weighted by atomic mass is 10.0. The van der Waals surface area contributed by atoms with Crippen molar-refractivity contribution in [2.45, 2.75) is 19.4 Å². The molecule has 1 atom stereocenters. The van der Waals surface area contributed by atoms with Gasteiger partial charge in [-0.05, 0) is 41.8 Å².